The van der Waals surface area contributed by atoms with Crippen molar-refractivity contribution in [1.29, 1.82) is 0 Å². The zero-order chi connectivity index (χ0) is 12.2. The minimum Gasteiger partial charge on any atom is -0.200 e. The maximum absolute atomic E-state index is 11.6. The van der Waals surface area contributed by atoms with Crippen LogP contribution in [0.3, 0.4) is 0 Å². The number of allylic oxidation sites excluding steroid dienone is 1. The average Bonchev–Trinajstić information content (AvgIpc) is 2.17. The smallest absolute Gasteiger partial charge is 0.200 e. The standard InChI is InChI=1S/C10H11ClN2O2S/c1-8-3-5-10(6-4-8)16(14,15)13-12-7-9(2)11/h3-7,13H,2H2,1H3/b12-7+. The predicted octanol–water partition coefficient (Wildman–Crippen LogP) is 2.01. The third kappa shape index (κ3) is 3.67. The number of rotatable bonds is 4. The van der Waals surface area contributed by atoms with Crippen molar-refractivity contribution in [2.24, 2.45) is 5.10 Å². The van der Waals surface area contributed by atoms with Crippen molar-refractivity contribution < 1.29 is 8.42 Å². The molecule has 0 saturated heterocycles. The summed E-state index contributed by atoms with van der Waals surface area (Å²) < 4.78 is 23.3. The van der Waals surface area contributed by atoms with Crippen molar-refractivity contribution in [3.8, 4) is 0 Å². The Kier molecular flexibility index (Phi) is 4.09. The first-order valence-electron chi connectivity index (χ1n) is 4.38. The van der Waals surface area contributed by atoms with Crippen LogP contribution in [-0.4, -0.2) is 14.6 Å². The molecule has 0 radical (unpaired) electrons. The normalized spacial score (nSPS) is 11.6. The van der Waals surface area contributed by atoms with E-state index in [4.69, 9.17) is 11.6 Å². The molecule has 0 unspecified atom stereocenters. The molecular weight excluding hydrogens is 248 g/mol. The highest BCUT2D eigenvalue weighted by atomic mass is 35.5. The van der Waals surface area contributed by atoms with Crippen molar-refractivity contribution in [3.05, 3.63) is 41.4 Å². The number of benzene rings is 1. The molecule has 0 spiro atoms. The molecule has 16 heavy (non-hydrogen) atoms. The SMILES string of the molecule is C=C(Cl)/C=N/NS(=O)(=O)c1ccc(C)cc1. The Morgan fingerprint density at radius 2 is 2.00 bits per heavy atom. The Morgan fingerprint density at radius 1 is 1.44 bits per heavy atom. The van der Waals surface area contributed by atoms with Crippen molar-refractivity contribution in [2.45, 2.75) is 11.8 Å². The summed E-state index contributed by atoms with van der Waals surface area (Å²) in [6.45, 7) is 5.21. The Labute approximate surface area is 99.7 Å². The molecule has 0 aromatic heterocycles. The molecule has 1 rings (SSSR count). The minimum atomic E-state index is -3.62. The van der Waals surface area contributed by atoms with Gasteiger partial charge in [0.15, 0.2) is 0 Å². The first-order chi connectivity index (χ1) is 7.42. The molecule has 6 heteroatoms. The van der Waals surface area contributed by atoms with E-state index in [0.717, 1.165) is 11.8 Å². The van der Waals surface area contributed by atoms with Gasteiger partial charge in [0.25, 0.3) is 10.0 Å². The molecule has 1 N–H and O–H groups in total. The lowest BCUT2D eigenvalue weighted by Crippen LogP contribution is -2.18. The quantitative estimate of drug-likeness (QED) is 0.663. The van der Waals surface area contributed by atoms with E-state index in [-0.39, 0.29) is 9.93 Å². The van der Waals surface area contributed by atoms with Crippen molar-refractivity contribution in [2.75, 3.05) is 0 Å². The second-order valence-electron chi connectivity index (χ2n) is 3.11. The van der Waals surface area contributed by atoms with Crippen molar-refractivity contribution in [1.82, 2.24) is 4.83 Å². The second kappa shape index (κ2) is 5.14. The average molecular weight is 259 g/mol. The fourth-order valence-corrected chi connectivity index (χ4v) is 1.78. The summed E-state index contributed by atoms with van der Waals surface area (Å²) >= 11 is 5.39. The Balaban J connectivity index is 2.86. The lowest BCUT2D eigenvalue weighted by molar-refractivity contribution is 0.584. The highest BCUT2D eigenvalue weighted by Gasteiger charge is 2.11. The van der Waals surface area contributed by atoms with Gasteiger partial charge < -0.3 is 0 Å². The van der Waals surface area contributed by atoms with Gasteiger partial charge in [0.05, 0.1) is 16.1 Å². The summed E-state index contributed by atoms with van der Waals surface area (Å²) in [5, 5.41) is 3.59. The minimum absolute atomic E-state index is 0.145. The first kappa shape index (κ1) is 12.7. The summed E-state index contributed by atoms with van der Waals surface area (Å²) in [6.07, 6.45) is 1.12. The van der Waals surface area contributed by atoms with Crippen LogP contribution in [0.15, 0.2) is 45.9 Å². The third-order valence-corrected chi connectivity index (χ3v) is 3.04. The third-order valence-electron chi connectivity index (χ3n) is 1.71. The summed E-state index contributed by atoms with van der Waals surface area (Å²) in [7, 11) is -3.62. The molecule has 0 amide bonds. The van der Waals surface area contributed by atoms with Crippen LogP contribution in [0.25, 0.3) is 0 Å². The molecule has 0 aliphatic carbocycles. The number of aryl methyl sites for hydroxylation is 1. The van der Waals surface area contributed by atoms with Crippen LogP contribution in [0.4, 0.5) is 0 Å². The number of sulfonamides is 1. The van der Waals surface area contributed by atoms with Crippen LogP contribution in [0.1, 0.15) is 5.56 Å². The molecule has 0 aliphatic rings. The predicted molar refractivity (Wildman–Crippen MR) is 65.0 cm³/mol. The van der Waals surface area contributed by atoms with Crippen LogP contribution in [0.2, 0.25) is 0 Å². The van der Waals surface area contributed by atoms with Gasteiger partial charge in [-0.2, -0.15) is 13.5 Å². The van der Waals surface area contributed by atoms with Gasteiger partial charge in [0.1, 0.15) is 0 Å². The van der Waals surface area contributed by atoms with Crippen LogP contribution in [0, 0.1) is 6.92 Å². The second-order valence-corrected chi connectivity index (χ2v) is 5.26. The first-order valence-corrected chi connectivity index (χ1v) is 6.24. The van der Waals surface area contributed by atoms with Gasteiger partial charge in [-0.3, -0.25) is 0 Å². The maximum atomic E-state index is 11.6. The molecule has 0 fully saturated rings. The van der Waals surface area contributed by atoms with Crippen LogP contribution in [0.5, 0.6) is 0 Å². The summed E-state index contributed by atoms with van der Waals surface area (Å²) in [4.78, 5) is 2.17. The highest BCUT2D eigenvalue weighted by molar-refractivity contribution is 7.89. The number of nitrogens with zero attached hydrogens (tertiary/aromatic N) is 1. The van der Waals surface area contributed by atoms with E-state index < -0.39 is 10.0 Å². The number of halogens is 1. The number of nitrogens with one attached hydrogen (secondary N) is 1. The monoisotopic (exact) mass is 258 g/mol. The maximum Gasteiger partial charge on any atom is 0.276 e. The fraction of sp³-hybridized carbons (Fsp3) is 0.100. The molecular formula is C10H11ClN2O2S. The van der Waals surface area contributed by atoms with Gasteiger partial charge in [-0.15, -0.1) is 0 Å². The van der Waals surface area contributed by atoms with Crippen LogP contribution < -0.4 is 4.83 Å². The van der Waals surface area contributed by atoms with Gasteiger partial charge >= 0.3 is 0 Å². The molecule has 0 atom stereocenters. The molecule has 0 aliphatic heterocycles. The molecule has 0 bridgehead atoms. The van der Waals surface area contributed by atoms with E-state index in [1.165, 1.54) is 12.1 Å². The van der Waals surface area contributed by atoms with Gasteiger partial charge in [0.2, 0.25) is 0 Å². The van der Waals surface area contributed by atoms with Gasteiger partial charge in [-0.1, -0.05) is 35.9 Å². The van der Waals surface area contributed by atoms with Gasteiger partial charge in [-0.05, 0) is 19.1 Å². The van der Waals surface area contributed by atoms with E-state index in [0.29, 0.717) is 0 Å². The number of hydrazone groups is 1. The summed E-state index contributed by atoms with van der Waals surface area (Å²) in [5.41, 5.74) is 0.983. The molecule has 1 aromatic rings. The Hall–Kier alpha value is -1.33. The zero-order valence-electron chi connectivity index (χ0n) is 8.64. The number of hydrogen-bond acceptors (Lipinski definition) is 3. The lowest BCUT2D eigenvalue weighted by Gasteiger charge is -2.02. The van der Waals surface area contributed by atoms with Crippen molar-refractivity contribution >= 4 is 27.8 Å². The van der Waals surface area contributed by atoms with Gasteiger partial charge in [0, 0.05) is 0 Å². The zero-order valence-corrected chi connectivity index (χ0v) is 10.2. The Morgan fingerprint density at radius 3 is 2.50 bits per heavy atom. The lowest BCUT2D eigenvalue weighted by atomic mass is 10.2. The van der Waals surface area contributed by atoms with Crippen LogP contribution >= 0.6 is 11.6 Å². The van der Waals surface area contributed by atoms with E-state index >= 15 is 0 Å². The van der Waals surface area contributed by atoms with Crippen molar-refractivity contribution in [3.63, 3.8) is 0 Å². The number of hydrogen-bond donors (Lipinski definition) is 1. The topological polar surface area (TPSA) is 58.5 Å². The molecule has 4 nitrogen and oxygen atoms in total. The Bertz CT molecular complexity index is 506. The van der Waals surface area contributed by atoms with E-state index in [1.807, 2.05) is 11.8 Å². The summed E-state index contributed by atoms with van der Waals surface area (Å²) in [6, 6.07) is 6.42. The molecule has 0 heterocycles. The largest absolute Gasteiger partial charge is 0.276 e. The van der Waals surface area contributed by atoms with Crippen LogP contribution in [-0.2, 0) is 10.0 Å². The molecule has 86 valence electrons. The van der Waals surface area contributed by atoms with E-state index in [1.54, 1.807) is 12.1 Å². The summed E-state index contributed by atoms with van der Waals surface area (Å²) in [5.74, 6) is 0. The van der Waals surface area contributed by atoms with E-state index in [9.17, 15) is 8.42 Å². The van der Waals surface area contributed by atoms with Gasteiger partial charge in [-0.25, -0.2) is 4.83 Å². The fourth-order valence-electron chi connectivity index (χ4n) is 0.936. The molecule has 0 saturated carbocycles. The van der Waals surface area contributed by atoms with E-state index in [2.05, 4.69) is 11.7 Å². The molecule has 1 aromatic carbocycles. The highest BCUT2D eigenvalue weighted by Crippen LogP contribution is 2.09.